The molecule has 202 valence electrons. The van der Waals surface area contributed by atoms with Gasteiger partial charge in [-0.2, -0.15) is 5.10 Å². The molecule has 5 rings (SSSR count). The monoisotopic (exact) mass is 527 g/mol. The zero-order chi connectivity index (χ0) is 26.9. The van der Waals surface area contributed by atoms with Crippen molar-refractivity contribution < 1.29 is 22.8 Å². The molecule has 2 aromatic heterocycles. The van der Waals surface area contributed by atoms with Crippen LogP contribution in [0, 0.1) is 17.7 Å². The van der Waals surface area contributed by atoms with Gasteiger partial charge >= 0.3 is 0 Å². The minimum atomic E-state index is -2.71. The molecule has 0 unspecified atom stereocenters. The van der Waals surface area contributed by atoms with Gasteiger partial charge in [0.05, 0.1) is 30.2 Å². The molecular weight excluding hydrogens is 495 g/mol. The molecule has 2 atom stereocenters. The van der Waals surface area contributed by atoms with E-state index in [4.69, 9.17) is 4.98 Å². The van der Waals surface area contributed by atoms with E-state index in [0.717, 1.165) is 24.8 Å². The minimum Gasteiger partial charge on any atom is -0.349 e. The van der Waals surface area contributed by atoms with Crippen molar-refractivity contribution in [3.63, 3.8) is 0 Å². The highest BCUT2D eigenvalue weighted by Gasteiger charge is 2.39. The van der Waals surface area contributed by atoms with Gasteiger partial charge in [-0.25, -0.2) is 22.7 Å². The Morgan fingerprint density at radius 2 is 1.74 bits per heavy atom. The van der Waals surface area contributed by atoms with Crippen LogP contribution < -0.4 is 10.6 Å². The summed E-state index contributed by atoms with van der Waals surface area (Å²) >= 11 is 0. The normalized spacial score (nSPS) is 19.2. The molecule has 0 radical (unpaired) electrons. The highest BCUT2D eigenvalue weighted by Crippen LogP contribution is 2.42. The van der Waals surface area contributed by atoms with Crippen LogP contribution in [-0.4, -0.2) is 32.3 Å². The van der Waals surface area contributed by atoms with E-state index < -0.39 is 23.7 Å². The van der Waals surface area contributed by atoms with Crippen molar-refractivity contribution in [2.45, 2.75) is 76.3 Å². The topological polar surface area (TPSA) is 88.4 Å². The van der Waals surface area contributed by atoms with E-state index in [2.05, 4.69) is 15.7 Å². The number of imidazole rings is 1. The van der Waals surface area contributed by atoms with Gasteiger partial charge in [-0.15, -0.1) is 0 Å². The molecule has 0 saturated heterocycles. The van der Waals surface area contributed by atoms with Crippen molar-refractivity contribution >= 4 is 17.5 Å². The molecule has 2 N–H and O–H groups in total. The highest BCUT2D eigenvalue weighted by molar-refractivity contribution is 5.94. The second-order valence-corrected chi connectivity index (χ2v) is 10.5. The Kier molecular flexibility index (Phi) is 7.40. The van der Waals surface area contributed by atoms with Gasteiger partial charge in [0.1, 0.15) is 5.82 Å². The summed E-state index contributed by atoms with van der Waals surface area (Å²) in [6.07, 6.45) is 6.70. The molecule has 2 saturated carbocycles. The Balaban J connectivity index is 1.43. The number of nitrogens with zero attached hydrogens (tertiary/aromatic N) is 3. The lowest BCUT2D eigenvalue weighted by Crippen LogP contribution is -2.37. The van der Waals surface area contributed by atoms with Crippen molar-refractivity contribution in [2.24, 2.45) is 11.8 Å². The van der Waals surface area contributed by atoms with Gasteiger partial charge in [0.15, 0.2) is 5.65 Å². The van der Waals surface area contributed by atoms with Crippen LogP contribution in [0.5, 0.6) is 0 Å². The predicted octanol–water partition coefficient (Wildman–Crippen LogP) is 5.53. The number of benzene rings is 1. The quantitative estimate of drug-likeness (QED) is 0.383. The number of rotatable bonds is 9. The number of carbonyl (C=O) groups is 2. The maximum Gasteiger partial charge on any atom is 0.251 e. The second-order valence-electron chi connectivity index (χ2n) is 10.5. The molecule has 3 aromatic rings. The van der Waals surface area contributed by atoms with Crippen LogP contribution in [-0.2, 0) is 4.79 Å². The van der Waals surface area contributed by atoms with Crippen LogP contribution in [0.3, 0.4) is 0 Å². The summed E-state index contributed by atoms with van der Waals surface area (Å²) in [6.45, 7) is 1.96. The lowest BCUT2D eigenvalue weighted by Gasteiger charge is -2.33. The fraction of sp³-hybridized carbons (Fsp3) is 0.500. The first-order valence-electron chi connectivity index (χ1n) is 13.3. The first-order valence-corrected chi connectivity index (χ1v) is 13.3. The Morgan fingerprint density at radius 3 is 2.39 bits per heavy atom. The van der Waals surface area contributed by atoms with E-state index in [0.29, 0.717) is 23.7 Å². The van der Waals surface area contributed by atoms with Crippen molar-refractivity contribution in [3.05, 3.63) is 65.4 Å². The van der Waals surface area contributed by atoms with Gasteiger partial charge in [-0.3, -0.25) is 9.59 Å². The molecule has 2 aliphatic carbocycles. The molecule has 2 amide bonds. The molecule has 2 aliphatic rings. The molecule has 1 aromatic carbocycles. The highest BCUT2D eigenvalue weighted by atomic mass is 19.3. The molecule has 0 spiro atoms. The molecular formula is C28H32F3N5O2. The molecule has 2 heterocycles. The first-order chi connectivity index (χ1) is 18.2. The van der Waals surface area contributed by atoms with Crippen molar-refractivity contribution in [1.29, 1.82) is 0 Å². The maximum atomic E-state index is 13.9. The van der Waals surface area contributed by atoms with Gasteiger partial charge in [0.25, 0.3) is 5.91 Å². The van der Waals surface area contributed by atoms with Crippen molar-refractivity contribution in [1.82, 2.24) is 25.2 Å². The van der Waals surface area contributed by atoms with E-state index in [9.17, 15) is 22.8 Å². The number of halogens is 3. The Morgan fingerprint density at radius 1 is 1.05 bits per heavy atom. The Labute approximate surface area is 219 Å². The molecule has 38 heavy (non-hydrogen) atoms. The summed E-state index contributed by atoms with van der Waals surface area (Å²) in [5, 5.41) is 10.6. The number of hydrogen-bond donors (Lipinski definition) is 2. The lowest BCUT2D eigenvalue weighted by atomic mass is 9.81. The summed E-state index contributed by atoms with van der Waals surface area (Å²) in [5.74, 6) is -3.46. The summed E-state index contributed by atoms with van der Waals surface area (Å²) < 4.78 is 42.8. The number of hydrogen-bond acceptors (Lipinski definition) is 4. The zero-order valence-electron chi connectivity index (χ0n) is 21.3. The third-order valence-corrected chi connectivity index (χ3v) is 7.55. The average Bonchev–Trinajstić information content (AvgIpc) is 3.64. The van der Waals surface area contributed by atoms with Gasteiger partial charge in [-0.05, 0) is 79.8 Å². The van der Waals surface area contributed by atoms with Gasteiger partial charge in [-0.1, -0.05) is 6.92 Å². The summed E-state index contributed by atoms with van der Waals surface area (Å²) in [5.41, 5.74) is 2.22. The van der Waals surface area contributed by atoms with Crippen molar-refractivity contribution in [2.75, 3.05) is 0 Å². The van der Waals surface area contributed by atoms with Crippen LogP contribution in [0.15, 0.2) is 42.7 Å². The van der Waals surface area contributed by atoms with E-state index >= 15 is 0 Å². The minimum absolute atomic E-state index is 0.00553. The fourth-order valence-corrected chi connectivity index (χ4v) is 5.26. The maximum absolute atomic E-state index is 13.9. The van der Waals surface area contributed by atoms with Crippen LogP contribution in [0.25, 0.3) is 5.65 Å². The number of amides is 2. The molecule has 10 heteroatoms. The number of fused-ring (bicyclic) bond motifs is 1. The second kappa shape index (κ2) is 10.7. The predicted molar refractivity (Wildman–Crippen MR) is 135 cm³/mol. The first kappa shape index (κ1) is 26.2. The molecule has 7 nitrogen and oxygen atoms in total. The van der Waals surface area contributed by atoms with E-state index in [1.54, 1.807) is 16.9 Å². The lowest BCUT2D eigenvalue weighted by molar-refractivity contribution is -0.122. The summed E-state index contributed by atoms with van der Waals surface area (Å²) in [6, 6.07) is 6.32. The molecule has 0 aliphatic heterocycles. The largest absolute Gasteiger partial charge is 0.349 e. The van der Waals surface area contributed by atoms with Gasteiger partial charge in [0.2, 0.25) is 11.8 Å². The van der Waals surface area contributed by atoms with E-state index in [-0.39, 0.29) is 49.1 Å². The standard InChI is InChI=1S/C28H32F3N5O2/c1-2-3-24(37)34-25(17-4-5-17)20-14-23-33-22(16-36(23)32-15-20)26(18-10-12-28(30,31)13-11-18)35-27(38)19-6-8-21(29)9-7-19/h6-9,14-18,25-26H,2-5,10-13H2,1H3,(H,34,37)(H,35,38)/t25-,26+/m1/s1. The molecule has 0 bridgehead atoms. The third-order valence-electron chi connectivity index (χ3n) is 7.55. The van der Waals surface area contributed by atoms with Crippen LogP contribution in [0.1, 0.15) is 92.0 Å². The van der Waals surface area contributed by atoms with Crippen molar-refractivity contribution in [3.8, 4) is 0 Å². The smallest absolute Gasteiger partial charge is 0.251 e. The number of aromatic nitrogens is 3. The van der Waals surface area contributed by atoms with Gasteiger partial charge < -0.3 is 10.6 Å². The van der Waals surface area contributed by atoms with E-state index in [1.807, 2.05) is 13.0 Å². The third kappa shape index (κ3) is 6.00. The summed E-state index contributed by atoms with van der Waals surface area (Å²) in [4.78, 5) is 30.1. The Bertz CT molecular complexity index is 1300. The van der Waals surface area contributed by atoms with Crippen LogP contribution >= 0.6 is 0 Å². The molecule has 2 fully saturated rings. The number of nitrogens with one attached hydrogen (secondary N) is 2. The zero-order valence-corrected chi connectivity index (χ0v) is 21.3. The van der Waals surface area contributed by atoms with Crippen LogP contribution in [0.4, 0.5) is 13.2 Å². The SMILES string of the molecule is CCCC(=O)N[C@@H](c1cnn2cc([C@@H](NC(=O)c3ccc(F)cc3)C3CCC(F)(F)CC3)nc2c1)C1CC1. The average molecular weight is 528 g/mol. The van der Waals surface area contributed by atoms with E-state index in [1.165, 1.54) is 24.3 Å². The summed E-state index contributed by atoms with van der Waals surface area (Å²) in [7, 11) is 0. The Hall–Kier alpha value is -3.43. The van der Waals surface area contributed by atoms with Gasteiger partial charge in [0, 0.05) is 24.8 Å². The fourth-order valence-electron chi connectivity index (χ4n) is 5.26. The van der Waals surface area contributed by atoms with Crippen LogP contribution in [0.2, 0.25) is 0 Å². The number of alkyl halides is 2. The number of carbonyl (C=O) groups excluding carboxylic acids is 2.